The lowest BCUT2D eigenvalue weighted by atomic mass is 10.2. The summed E-state index contributed by atoms with van der Waals surface area (Å²) in [7, 11) is -2.97. The van der Waals surface area contributed by atoms with Crippen LogP contribution in [0.4, 0.5) is 10.1 Å². The molecule has 1 rings (SSSR count). The summed E-state index contributed by atoms with van der Waals surface area (Å²) in [5.41, 5.74) is 6.01. The number of para-hydroxylation sites is 1. The number of hydrogen-bond acceptors (Lipinski definition) is 4. The van der Waals surface area contributed by atoms with Gasteiger partial charge in [-0.1, -0.05) is 19.1 Å². The van der Waals surface area contributed by atoms with E-state index in [1.807, 2.05) is 4.90 Å². The highest BCUT2D eigenvalue weighted by molar-refractivity contribution is 7.91. The third kappa shape index (κ3) is 5.46. The number of benzene rings is 1. The second-order valence-electron chi connectivity index (χ2n) is 4.67. The highest BCUT2D eigenvalue weighted by Gasteiger charge is 2.13. The first kappa shape index (κ1) is 16.9. The predicted molar refractivity (Wildman–Crippen MR) is 81.2 cm³/mol. The summed E-state index contributed by atoms with van der Waals surface area (Å²) in [6, 6.07) is 6.53. The smallest absolute Gasteiger partial charge is 0.150 e. The fraction of sp³-hybridized carbons (Fsp3) is 0.571. The van der Waals surface area contributed by atoms with Crippen molar-refractivity contribution in [2.75, 3.05) is 36.0 Å². The molecular weight excluding hydrogens is 279 g/mol. The van der Waals surface area contributed by atoms with E-state index < -0.39 is 9.84 Å². The number of nitrogens with zero attached hydrogens (tertiary/aromatic N) is 1. The van der Waals surface area contributed by atoms with Crippen molar-refractivity contribution in [3.05, 3.63) is 30.1 Å². The van der Waals surface area contributed by atoms with Crippen molar-refractivity contribution in [3.63, 3.8) is 0 Å². The van der Waals surface area contributed by atoms with Crippen LogP contribution in [0.2, 0.25) is 0 Å². The average Bonchev–Trinajstić information content (AvgIpc) is 2.43. The molecule has 0 saturated heterocycles. The molecule has 0 fully saturated rings. The Bertz CT molecular complexity index is 506. The van der Waals surface area contributed by atoms with Gasteiger partial charge in [-0.25, -0.2) is 12.8 Å². The van der Waals surface area contributed by atoms with Crippen LogP contribution in [0.1, 0.15) is 19.8 Å². The van der Waals surface area contributed by atoms with Gasteiger partial charge >= 0.3 is 0 Å². The van der Waals surface area contributed by atoms with Gasteiger partial charge in [-0.3, -0.25) is 0 Å². The van der Waals surface area contributed by atoms with E-state index >= 15 is 0 Å². The molecule has 0 heterocycles. The molecule has 0 aromatic heterocycles. The fourth-order valence-corrected chi connectivity index (χ4v) is 2.82. The molecule has 0 spiro atoms. The third-order valence-corrected chi connectivity index (χ3v) is 4.94. The van der Waals surface area contributed by atoms with Gasteiger partial charge in [-0.15, -0.1) is 0 Å². The average molecular weight is 302 g/mol. The number of halogens is 1. The summed E-state index contributed by atoms with van der Waals surface area (Å²) >= 11 is 0. The molecule has 6 heteroatoms. The minimum absolute atomic E-state index is 0.136. The molecule has 0 aliphatic rings. The van der Waals surface area contributed by atoms with E-state index in [-0.39, 0.29) is 17.3 Å². The van der Waals surface area contributed by atoms with Crippen LogP contribution < -0.4 is 10.6 Å². The van der Waals surface area contributed by atoms with E-state index in [0.29, 0.717) is 31.7 Å². The number of rotatable bonds is 9. The Kier molecular flexibility index (Phi) is 6.95. The molecular formula is C14H23FN2O2S. The molecule has 0 atom stereocenters. The Morgan fingerprint density at radius 2 is 1.85 bits per heavy atom. The Labute approximate surface area is 120 Å². The first-order valence-electron chi connectivity index (χ1n) is 6.90. The fourth-order valence-electron chi connectivity index (χ4n) is 1.96. The largest absolute Gasteiger partial charge is 0.369 e. The third-order valence-electron chi connectivity index (χ3n) is 3.15. The van der Waals surface area contributed by atoms with Gasteiger partial charge in [0, 0.05) is 18.8 Å². The molecule has 0 aliphatic carbocycles. The van der Waals surface area contributed by atoms with Crippen LogP contribution in [0.5, 0.6) is 0 Å². The molecule has 1 aromatic carbocycles. The van der Waals surface area contributed by atoms with Crippen LogP contribution in [0.15, 0.2) is 24.3 Å². The predicted octanol–water partition coefficient (Wildman–Crippen LogP) is 1.81. The zero-order chi connectivity index (χ0) is 15.0. The van der Waals surface area contributed by atoms with Crippen LogP contribution in [0.3, 0.4) is 0 Å². The summed E-state index contributed by atoms with van der Waals surface area (Å²) in [5, 5.41) is 0. The van der Waals surface area contributed by atoms with Gasteiger partial charge < -0.3 is 10.6 Å². The minimum Gasteiger partial charge on any atom is -0.369 e. The second-order valence-corrected chi connectivity index (χ2v) is 7.14. The molecule has 4 nitrogen and oxygen atoms in total. The van der Waals surface area contributed by atoms with Gasteiger partial charge in [0.2, 0.25) is 0 Å². The van der Waals surface area contributed by atoms with Crippen molar-refractivity contribution in [1.29, 1.82) is 0 Å². The van der Waals surface area contributed by atoms with E-state index in [2.05, 4.69) is 0 Å². The zero-order valence-electron chi connectivity index (χ0n) is 11.9. The Morgan fingerprint density at radius 3 is 2.45 bits per heavy atom. The van der Waals surface area contributed by atoms with Crippen molar-refractivity contribution in [3.8, 4) is 0 Å². The lowest BCUT2D eigenvalue weighted by Gasteiger charge is -2.25. The van der Waals surface area contributed by atoms with E-state index in [0.717, 1.165) is 6.42 Å². The molecule has 0 bridgehead atoms. The maximum Gasteiger partial charge on any atom is 0.150 e. The van der Waals surface area contributed by atoms with Gasteiger partial charge in [0.05, 0.1) is 11.4 Å². The zero-order valence-corrected chi connectivity index (χ0v) is 12.7. The van der Waals surface area contributed by atoms with E-state index in [4.69, 9.17) is 5.73 Å². The highest BCUT2D eigenvalue weighted by atomic mass is 32.2. The molecule has 0 amide bonds. The monoisotopic (exact) mass is 302 g/mol. The van der Waals surface area contributed by atoms with E-state index in [9.17, 15) is 12.8 Å². The molecule has 0 saturated carbocycles. The highest BCUT2D eigenvalue weighted by Crippen LogP contribution is 2.19. The molecule has 0 aliphatic heterocycles. The quantitative estimate of drug-likeness (QED) is 0.755. The Hall–Kier alpha value is -1.14. The lowest BCUT2D eigenvalue weighted by Crippen LogP contribution is -2.29. The van der Waals surface area contributed by atoms with Crippen molar-refractivity contribution in [2.24, 2.45) is 5.73 Å². The first-order chi connectivity index (χ1) is 9.50. The van der Waals surface area contributed by atoms with E-state index in [1.165, 1.54) is 6.07 Å². The summed E-state index contributed by atoms with van der Waals surface area (Å²) in [6.45, 7) is 3.31. The van der Waals surface area contributed by atoms with Crippen molar-refractivity contribution in [1.82, 2.24) is 0 Å². The van der Waals surface area contributed by atoms with E-state index in [1.54, 1.807) is 25.1 Å². The number of sulfone groups is 1. The molecule has 0 radical (unpaired) electrons. The van der Waals surface area contributed by atoms with Crippen LogP contribution in [-0.2, 0) is 9.84 Å². The van der Waals surface area contributed by atoms with Gasteiger partial charge in [-0.2, -0.15) is 0 Å². The van der Waals surface area contributed by atoms with Crippen molar-refractivity contribution in [2.45, 2.75) is 19.8 Å². The van der Waals surface area contributed by atoms with Crippen LogP contribution in [0, 0.1) is 5.82 Å². The SMILES string of the molecule is CCS(=O)(=O)CCCN(CCCN)c1ccccc1F. The summed E-state index contributed by atoms with van der Waals surface area (Å²) in [6.07, 6.45) is 1.24. The Balaban J connectivity index is 2.68. The summed E-state index contributed by atoms with van der Waals surface area (Å²) < 4.78 is 36.8. The normalized spacial score (nSPS) is 11.6. The van der Waals surface area contributed by atoms with Gasteiger partial charge in [0.25, 0.3) is 0 Å². The molecule has 2 N–H and O–H groups in total. The number of hydrogen-bond donors (Lipinski definition) is 1. The maximum absolute atomic E-state index is 13.8. The second kappa shape index (κ2) is 8.21. The maximum atomic E-state index is 13.8. The Morgan fingerprint density at radius 1 is 1.20 bits per heavy atom. The van der Waals surface area contributed by atoms with Crippen LogP contribution in [0.25, 0.3) is 0 Å². The molecule has 114 valence electrons. The molecule has 1 aromatic rings. The lowest BCUT2D eigenvalue weighted by molar-refractivity contribution is 0.591. The number of anilines is 1. The standard InChI is InChI=1S/C14H23FN2O2S/c1-2-20(18,19)12-6-11-17(10-5-9-16)14-8-4-3-7-13(14)15/h3-4,7-8H,2,5-6,9-12,16H2,1H3. The first-order valence-corrected chi connectivity index (χ1v) is 8.72. The number of nitrogens with two attached hydrogens (primary N) is 1. The van der Waals surface area contributed by atoms with Gasteiger partial charge in [0.15, 0.2) is 0 Å². The van der Waals surface area contributed by atoms with Crippen LogP contribution >= 0.6 is 0 Å². The topological polar surface area (TPSA) is 63.4 Å². The molecule has 20 heavy (non-hydrogen) atoms. The minimum atomic E-state index is -2.97. The van der Waals surface area contributed by atoms with Gasteiger partial charge in [0.1, 0.15) is 15.7 Å². The molecule has 0 unspecified atom stereocenters. The van der Waals surface area contributed by atoms with Gasteiger partial charge in [-0.05, 0) is 31.5 Å². The van der Waals surface area contributed by atoms with Crippen molar-refractivity contribution >= 4 is 15.5 Å². The van der Waals surface area contributed by atoms with Crippen molar-refractivity contribution < 1.29 is 12.8 Å². The summed E-state index contributed by atoms with van der Waals surface area (Å²) in [4.78, 5) is 1.87. The van der Waals surface area contributed by atoms with Crippen LogP contribution in [-0.4, -0.2) is 39.6 Å². The summed E-state index contributed by atoms with van der Waals surface area (Å²) in [5.74, 6) is -0.00471.